The van der Waals surface area contributed by atoms with Gasteiger partial charge in [-0.2, -0.15) is 0 Å². The molecule has 0 aliphatic heterocycles. The van der Waals surface area contributed by atoms with E-state index in [1.165, 1.54) is 6.07 Å². The first-order chi connectivity index (χ1) is 13.0. The summed E-state index contributed by atoms with van der Waals surface area (Å²) in [6, 6.07) is 9.63. The molecule has 2 aromatic carbocycles. The summed E-state index contributed by atoms with van der Waals surface area (Å²) in [4.78, 5) is 56.5. The van der Waals surface area contributed by atoms with Crippen molar-refractivity contribution in [2.45, 2.75) is 13.3 Å². The number of fused-ring (bicyclic) bond motifs is 4. The lowest BCUT2D eigenvalue weighted by Gasteiger charge is -2.18. The van der Waals surface area contributed by atoms with Crippen LogP contribution in [0.3, 0.4) is 0 Å². The van der Waals surface area contributed by atoms with E-state index >= 15 is 0 Å². The second-order valence-electron chi connectivity index (χ2n) is 6.08. The average Bonchev–Trinajstić information content (AvgIpc) is 2.66. The van der Waals surface area contributed by atoms with E-state index in [1.807, 2.05) is 0 Å². The number of esters is 1. The number of aromatic amines is 1. The maximum atomic E-state index is 13.0. The van der Waals surface area contributed by atoms with Crippen molar-refractivity contribution in [3.05, 3.63) is 74.7 Å². The molecule has 1 aromatic heterocycles. The predicted octanol–water partition coefficient (Wildman–Crippen LogP) is 1.80. The Morgan fingerprint density at radius 3 is 2.41 bits per heavy atom. The highest BCUT2D eigenvalue weighted by Crippen LogP contribution is 2.30. The minimum Gasteiger partial charge on any atom is -0.466 e. The summed E-state index contributed by atoms with van der Waals surface area (Å²) >= 11 is 0. The van der Waals surface area contributed by atoms with E-state index in [2.05, 4.69) is 9.97 Å². The van der Waals surface area contributed by atoms with Crippen LogP contribution in [0.1, 0.15) is 44.5 Å². The van der Waals surface area contributed by atoms with Crippen LogP contribution in [0.25, 0.3) is 11.0 Å². The Balaban J connectivity index is 1.90. The number of hydrogen-bond donors (Lipinski definition) is 1. The number of rotatable bonds is 3. The molecule has 7 heteroatoms. The Labute approximate surface area is 153 Å². The Kier molecular flexibility index (Phi) is 3.92. The summed E-state index contributed by atoms with van der Waals surface area (Å²) in [6.07, 6.45) is -0.272. The molecule has 3 aromatic rings. The molecule has 4 rings (SSSR count). The molecule has 7 nitrogen and oxygen atoms in total. The van der Waals surface area contributed by atoms with E-state index in [1.54, 1.807) is 37.3 Å². The number of benzene rings is 2. The summed E-state index contributed by atoms with van der Waals surface area (Å²) in [5, 5.41) is 0. The summed E-state index contributed by atoms with van der Waals surface area (Å²) in [6.45, 7) is 1.87. The van der Waals surface area contributed by atoms with E-state index in [4.69, 9.17) is 4.74 Å². The molecule has 1 aliphatic rings. The number of nitrogens with zero attached hydrogens (tertiary/aromatic N) is 1. The molecule has 0 saturated carbocycles. The third-order valence-electron chi connectivity index (χ3n) is 4.44. The van der Waals surface area contributed by atoms with Crippen LogP contribution >= 0.6 is 0 Å². The molecule has 0 amide bonds. The van der Waals surface area contributed by atoms with Gasteiger partial charge >= 0.3 is 5.97 Å². The largest absolute Gasteiger partial charge is 0.466 e. The zero-order valence-electron chi connectivity index (χ0n) is 14.4. The lowest BCUT2D eigenvalue weighted by atomic mass is 9.83. The summed E-state index contributed by atoms with van der Waals surface area (Å²) in [5.74, 6) is -1.19. The fourth-order valence-electron chi connectivity index (χ4n) is 3.25. The molecule has 1 heterocycles. The minimum atomic E-state index is -0.594. The van der Waals surface area contributed by atoms with E-state index in [0.717, 1.165) is 0 Å². The SMILES string of the molecule is CCOC(=O)Cc1nc2ccc3c(c2[nH]c1=O)C(=O)c1ccccc1C3=O. The molecule has 0 atom stereocenters. The number of hydrogen-bond acceptors (Lipinski definition) is 6. The van der Waals surface area contributed by atoms with Gasteiger partial charge in [0.2, 0.25) is 0 Å². The van der Waals surface area contributed by atoms with Crippen LogP contribution in [0.2, 0.25) is 0 Å². The average molecular weight is 362 g/mol. The number of ketones is 2. The van der Waals surface area contributed by atoms with E-state index < -0.39 is 11.5 Å². The molecule has 0 radical (unpaired) electrons. The second kappa shape index (κ2) is 6.28. The number of nitrogens with one attached hydrogen (secondary N) is 1. The first-order valence-corrected chi connectivity index (χ1v) is 8.41. The smallest absolute Gasteiger partial charge is 0.312 e. The van der Waals surface area contributed by atoms with Gasteiger partial charge in [0.15, 0.2) is 11.6 Å². The van der Waals surface area contributed by atoms with Crippen molar-refractivity contribution in [1.82, 2.24) is 9.97 Å². The molecular weight excluding hydrogens is 348 g/mol. The van der Waals surface area contributed by atoms with Gasteiger partial charge in [0, 0.05) is 16.7 Å². The van der Waals surface area contributed by atoms with Crippen molar-refractivity contribution in [1.29, 1.82) is 0 Å². The molecule has 0 fully saturated rings. The maximum absolute atomic E-state index is 13.0. The van der Waals surface area contributed by atoms with Crippen LogP contribution in [0.15, 0.2) is 41.2 Å². The molecule has 0 bridgehead atoms. The molecule has 134 valence electrons. The van der Waals surface area contributed by atoms with Gasteiger partial charge < -0.3 is 9.72 Å². The van der Waals surface area contributed by atoms with Crippen molar-refractivity contribution in [2.75, 3.05) is 6.61 Å². The number of H-pyrrole nitrogens is 1. The van der Waals surface area contributed by atoms with Crippen LogP contribution in [-0.4, -0.2) is 34.1 Å². The highest BCUT2D eigenvalue weighted by Gasteiger charge is 2.31. The minimum absolute atomic E-state index is 0.00381. The fourth-order valence-corrected chi connectivity index (χ4v) is 3.25. The maximum Gasteiger partial charge on any atom is 0.312 e. The molecule has 1 aliphatic carbocycles. The zero-order chi connectivity index (χ0) is 19.1. The van der Waals surface area contributed by atoms with Crippen LogP contribution in [0, 0.1) is 0 Å². The van der Waals surface area contributed by atoms with Crippen molar-refractivity contribution < 1.29 is 19.1 Å². The normalized spacial score (nSPS) is 12.6. The van der Waals surface area contributed by atoms with E-state index in [9.17, 15) is 19.2 Å². The Morgan fingerprint density at radius 2 is 1.70 bits per heavy atom. The highest BCUT2D eigenvalue weighted by atomic mass is 16.5. The van der Waals surface area contributed by atoms with E-state index in [0.29, 0.717) is 16.6 Å². The Bertz CT molecular complexity index is 1190. The van der Waals surface area contributed by atoms with Gasteiger partial charge in [-0.25, -0.2) is 4.98 Å². The third kappa shape index (κ3) is 2.64. The van der Waals surface area contributed by atoms with Gasteiger partial charge in [-0.3, -0.25) is 19.2 Å². The Morgan fingerprint density at radius 1 is 1.00 bits per heavy atom. The number of carbonyl (C=O) groups is 3. The third-order valence-corrected chi connectivity index (χ3v) is 4.44. The second-order valence-corrected chi connectivity index (χ2v) is 6.08. The van der Waals surface area contributed by atoms with Crippen LogP contribution in [0.4, 0.5) is 0 Å². The first-order valence-electron chi connectivity index (χ1n) is 8.41. The topological polar surface area (TPSA) is 106 Å². The first kappa shape index (κ1) is 16.8. The molecule has 0 unspecified atom stereocenters. The van der Waals surface area contributed by atoms with Crippen LogP contribution in [0.5, 0.6) is 0 Å². The van der Waals surface area contributed by atoms with Gasteiger partial charge in [0.05, 0.1) is 29.6 Å². The highest BCUT2D eigenvalue weighted by molar-refractivity contribution is 6.31. The van der Waals surface area contributed by atoms with Gasteiger partial charge in [0.1, 0.15) is 5.69 Å². The quantitative estimate of drug-likeness (QED) is 0.557. The van der Waals surface area contributed by atoms with Crippen molar-refractivity contribution >= 4 is 28.6 Å². The predicted molar refractivity (Wildman–Crippen MR) is 96.0 cm³/mol. The van der Waals surface area contributed by atoms with Crippen LogP contribution in [-0.2, 0) is 16.0 Å². The molecule has 0 saturated heterocycles. The fraction of sp³-hybridized carbons (Fsp3) is 0.150. The van der Waals surface area contributed by atoms with Gasteiger partial charge in [0.25, 0.3) is 5.56 Å². The molecule has 27 heavy (non-hydrogen) atoms. The van der Waals surface area contributed by atoms with Crippen molar-refractivity contribution in [3.63, 3.8) is 0 Å². The number of carbonyl (C=O) groups excluding carboxylic acids is 3. The van der Waals surface area contributed by atoms with Gasteiger partial charge in [-0.15, -0.1) is 0 Å². The lowest BCUT2D eigenvalue weighted by Crippen LogP contribution is -2.24. The van der Waals surface area contributed by atoms with Crippen molar-refractivity contribution in [2.24, 2.45) is 0 Å². The summed E-state index contributed by atoms with van der Waals surface area (Å²) < 4.78 is 4.84. The van der Waals surface area contributed by atoms with E-state index in [-0.39, 0.29) is 46.9 Å². The van der Waals surface area contributed by atoms with Gasteiger partial charge in [-0.1, -0.05) is 24.3 Å². The number of ether oxygens (including phenoxy) is 1. The summed E-state index contributed by atoms with van der Waals surface area (Å²) in [7, 11) is 0. The number of aromatic nitrogens is 2. The Hall–Kier alpha value is -3.61. The molecule has 0 spiro atoms. The lowest BCUT2D eigenvalue weighted by molar-refractivity contribution is -0.142. The zero-order valence-corrected chi connectivity index (χ0v) is 14.4. The van der Waals surface area contributed by atoms with Crippen LogP contribution < -0.4 is 5.56 Å². The molecule has 1 N–H and O–H groups in total. The van der Waals surface area contributed by atoms with Crippen molar-refractivity contribution in [3.8, 4) is 0 Å². The summed E-state index contributed by atoms with van der Waals surface area (Å²) in [5.41, 5.74) is 0.901. The molecular formula is C20H14N2O5. The monoisotopic (exact) mass is 362 g/mol. The van der Waals surface area contributed by atoms with Gasteiger partial charge in [-0.05, 0) is 19.1 Å². The standard InChI is InChI=1S/C20H14N2O5/c1-2-27-15(23)9-14-20(26)22-17-13(21-14)8-7-12-16(17)19(25)11-6-4-3-5-10(11)18(12)24/h3-8H,2,9H2,1H3,(H,22,26).